The summed E-state index contributed by atoms with van der Waals surface area (Å²) < 4.78 is 0. The smallest absolute Gasteiger partial charge is 0.251 e. The van der Waals surface area contributed by atoms with Crippen LogP contribution in [0.5, 0.6) is 0 Å². The fourth-order valence-corrected chi connectivity index (χ4v) is 2.90. The van der Waals surface area contributed by atoms with Crippen LogP contribution in [0.4, 0.5) is 0 Å². The fourth-order valence-electron chi connectivity index (χ4n) is 2.90. The van der Waals surface area contributed by atoms with E-state index in [0.29, 0.717) is 5.56 Å². The van der Waals surface area contributed by atoms with Crippen molar-refractivity contribution in [1.82, 2.24) is 10.6 Å². The van der Waals surface area contributed by atoms with Crippen LogP contribution in [-0.2, 0) is 4.79 Å². The van der Waals surface area contributed by atoms with Gasteiger partial charge in [-0.25, -0.2) is 0 Å². The minimum Gasteiger partial charge on any atom is -0.348 e. The largest absolute Gasteiger partial charge is 0.348 e. The average molecular weight is 346 g/mol. The molecule has 0 aliphatic rings. The Kier molecular flexibility index (Phi) is 5.32. The molecule has 3 aromatic rings. The second-order valence-electron chi connectivity index (χ2n) is 6.45. The first-order valence-corrected chi connectivity index (χ1v) is 8.66. The lowest BCUT2D eigenvalue weighted by atomic mass is 10.0. The summed E-state index contributed by atoms with van der Waals surface area (Å²) in [5, 5.41) is 7.89. The molecule has 0 heterocycles. The van der Waals surface area contributed by atoms with E-state index in [9.17, 15) is 9.59 Å². The molecule has 1 atom stereocenters. The van der Waals surface area contributed by atoms with Crippen LogP contribution in [0.2, 0.25) is 0 Å². The van der Waals surface area contributed by atoms with E-state index in [-0.39, 0.29) is 24.4 Å². The van der Waals surface area contributed by atoms with E-state index in [2.05, 4.69) is 28.8 Å². The predicted octanol–water partition coefficient (Wildman–Crippen LogP) is 3.76. The normalized spacial score (nSPS) is 11.8. The molecular weight excluding hydrogens is 324 g/mol. The van der Waals surface area contributed by atoms with E-state index in [1.165, 1.54) is 5.39 Å². The zero-order chi connectivity index (χ0) is 18.5. The van der Waals surface area contributed by atoms with Gasteiger partial charge in [-0.15, -0.1) is 0 Å². The van der Waals surface area contributed by atoms with Gasteiger partial charge in [0.15, 0.2) is 0 Å². The van der Waals surface area contributed by atoms with E-state index in [4.69, 9.17) is 0 Å². The van der Waals surface area contributed by atoms with Crippen molar-refractivity contribution in [1.29, 1.82) is 0 Å². The molecule has 0 spiro atoms. The number of carbonyl (C=O) groups is 2. The lowest BCUT2D eigenvalue weighted by Crippen LogP contribution is -2.38. The monoisotopic (exact) mass is 346 g/mol. The molecule has 0 radical (unpaired) electrons. The molecule has 3 rings (SSSR count). The maximum atomic E-state index is 12.2. The van der Waals surface area contributed by atoms with Gasteiger partial charge in [0.05, 0.1) is 12.6 Å². The third kappa shape index (κ3) is 4.28. The highest BCUT2D eigenvalue weighted by Crippen LogP contribution is 2.20. The first-order valence-electron chi connectivity index (χ1n) is 8.66. The molecule has 0 bridgehead atoms. The number of carbonyl (C=O) groups excluding carboxylic acids is 2. The second kappa shape index (κ2) is 7.83. The number of hydrogen-bond donors (Lipinski definition) is 2. The summed E-state index contributed by atoms with van der Waals surface area (Å²) in [6, 6.07) is 21.4. The molecule has 3 aromatic carbocycles. The molecule has 0 aliphatic heterocycles. The Hall–Kier alpha value is -3.14. The fraction of sp³-hybridized carbons (Fsp3) is 0.182. The molecule has 0 aliphatic carbocycles. The average Bonchev–Trinajstić information content (AvgIpc) is 2.65. The minimum absolute atomic E-state index is 0.0509. The molecule has 0 saturated heterocycles. The Labute approximate surface area is 153 Å². The highest BCUT2D eigenvalue weighted by Gasteiger charge is 2.12. The van der Waals surface area contributed by atoms with Crippen LogP contribution in [-0.4, -0.2) is 18.4 Å². The van der Waals surface area contributed by atoms with Gasteiger partial charge in [-0.3, -0.25) is 9.59 Å². The number of rotatable bonds is 5. The Balaban J connectivity index is 1.57. The molecule has 0 fully saturated rings. The summed E-state index contributed by atoms with van der Waals surface area (Å²) in [4.78, 5) is 24.3. The van der Waals surface area contributed by atoms with Gasteiger partial charge in [0.2, 0.25) is 5.91 Å². The SMILES string of the molecule is Cc1cccc(C(=O)NCC(=O)N[C@H](C)c2ccc3ccccc3c2)c1. The number of fused-ring (bicyclic) bond motifs is 1. The molecular formula is C22H22N2O2. The van der Waals surface area contributed by atoms with Crippen LogP contribution < -0.4 is 10.6 Å². The van der Waals surface area contributed by atoms with Crippen LogP contribution in [0.3, 0.4) is 0 Å². The van der Waals surface area contributed by atoms with Crippen molar-refractivity contribution >= 4 is 22.6 Å². The van der Waals surface area contributed by atoms with Crippen molar-refractivity contribution in [3.63, 3.8) is 0 Å². The standard InChI is InChI=1S/C22H22N2O2/c1-15-6-5-9-20(12-15)22(26)23-14-21(25)24-16(2)18-11-10-17-7-3-4-8-19(17)13-18/h3-13,16H,14H2,1-2H3,(H,23,26)(H,24,25)/t16-/m1/s1. The Morgan fingerprint density at radius 3 is 2.46 bits per heavy atom. The van der Waals surface area contributed by atoms with Gasteiger partial charge in [-0.1, -0.05) is 54.1 Å². The molecule has 2 N–H and O–H groups in total. The summed E-state index contributed by atoms with van der Waals surface area (Å²) in [7, 11) is 0. The van der Waals surface area contributed by atoms with Gasteiger partial charge in [0.1, 0.15) is 0 Å². The van der Waals surface area contributed by atoms with Gasteiger partial charge in [-0.2, -0.15) is 0 Å². The van der Waals surface area contributed by atoms with Gasteiger partial charge in [-0.05, 0) is 48.4 Å². The van der Waals surface area contributed by atoms with Crippen LogP contribution >= 0.6 is 0 Å². The summed E-state index contributed by atoms with van der Waals surface area (Å²) in [5.41, 5.74) is 2.59. The van der Waals surface area contributed by atoms with Crippen LogP contribution in [0.15, 0.2) is 66.7 Å². The molecule has 2 amide bonds. The number of nitrogens with one attached hydrogen (secondary N) is 2. The molecule has 0 unspecified atom stereocenters. The van der Waals surface area contributed by atoms with Gasteiger partial charge >= 0.3 is 0 Å². The third-order valence-corrected chi connectivity index (χ3v) is 4.34. The van der Waals surface area contributed by atoms with Crippen molar-refractivity contribution in [2.24, 2.45) is 0 Å². The topological polar surface area (TPSA) is 58.2 Å². The van der Waals surface area contributed by atoms with E-state index in [1.54, 1.807) is 12.1 Å². The number of benzene rings is 3. The van der Waals surface area contributed by atoms with Gasteiger partial charge < -0.3 is 10.6 Å². The Bertz CT molecular complexity index is 950. The summed E-state index contributed by atoms with van der Waals surface area (Å²) in [5.74, 6) is -0.464. The number of hydrogen-bond acceptors (Lipinski definition) is 2. The highest BCUT2D eigenvalue weighted by molar-refractivity contribution is 5.96. The van der Waals surface area contributed by atoms with Crippen molar-refractivity contribution in [2.45, 2.75) is 19.9 Å². The molecule has 0 aromatic heterocycles. The molecule has 26 heavy (non-hydrogen) atoms. The second-order valence-corrected chi connectivity index (χ2v) is 6.45. The van der Waals surface area contributed by atoms with E-state index < -0.39 is 0 Å². The zero-order valence-corrected chi connectivity index (χ0v) is 15.0. The molecule has 4 nitrogen and oxygen atoms in total. The predicted molar refractivity (Wildman–Crippen MR) is 104 cm³/mol. The van der Waals surface area contributed by atoms with Gasteiger partial charge in [0.25, 0.3) is 5.91 Å². The van der Waals surface area contributed by atoms with Crippen molar-refractivity contribution in [3.05, 3.63) is 83.4 Å². The lowest BCUT2D eigenvalue weighted by molar-refractivity contribution is -0.120. The summed E-state index contributed by atoms with van der Waals surface area (Å²) in [6.45, 7) is 3.81. The van der Waals surface area contributed by atoms with Crippen molar-refractivity contribution in [3.8, 4) is 0 Å². The molecule has 4 heteroatoms. The molecule has 0 saturated carbocycles. The maximum absolute atomic E-state index is 12.2. The quantitative estimate of drug-likeness (QED) is 0.739. The first-order chi connectivity index (χ1) is 12.5. The van der Waals surface area contributed by atoms with E-state index in [1.807, 2.05) is 50.2 Å². The Morgan fingerprint density at radius 2 is 1.69 bits per heavy atom. The summed E-state index contributed by atoms with van der Waals surface area (Å²) in [6.07, 6.45) is 0. The molecule has 132 valence electrons. The first kappa shape index (κ1) is 17.7. The third-order valence-electron chi connectivity index (χ3n) is 4.34. The van der Waals surface area contributed by atoms with Crippen LogP contribution in [0, 0.1) is 6.92 Å². The number of amides is 2. The van der Waals surface area contributed by atoms with Crippen molar-refractivity contribution in [2.75, 3.05) is 6.54 Å². The van der Waals surface area contributed by atoms with Crippen LogP contribution in [0.25, 0.3) is 10.8 Å². The zero-order valence-electron chi connectivity index (χ0n) is 15.0. The minimum atomic E-state index is -0.248. The summed E-state index contributed by atoms with van der Waals surface area (Å²) >= 11 is 0. The van der Waals surface area contributed by atoms with Crippen molar-refractivity contribution < 1.29 is 9.59 Å². The maximum Gasteiger partial charge on any atom is 0.251 e. The lowest BCUT2D eigenvalue weighted by Gasteiger charge is -2.15. The van der Waals surface area contributed by atoms with E-state index >= 15 is 0 Å². The van der Waals surface area contributed by atoms with Crippen LogP contribution in [0.1, 0.15) is 34.5 Å². The Morgan fingerprint density at radius 1 is 0.923 bits per heavy atom. The van der Waals surface area contributed by atoms with E-state index in [0.717, 1.165) is 16.5 Å². The van der Waals surface area contributed by atoms with Gasteiger partial charge in [0, 0.05) is 5.56 Å². The number of aryl methyl sites for hydroxylation is 1. The highest BCUT2D eigenvalue weighted by atomic mass is 16.2.